The Hall–Kier alpha value is -1.30. The molecule has 0 aromatic carbocycles. The monoisotopic (exact) mass is 301 g/mol. The van der Waals surface area contributed by atoms with Gasteiger partial charge in [0.2, 0.25) is 0 Å². The van der Waals surface area contributed by atoms with Gasteiger partial charge in [0.05, 0.1) is 0 Å². The third-order valence-corrected chi connectivity index (χ3v) is 3.70. The molecule has 124 valence electrons. The van der Waals surface area contributed by atoms with Crippen molar-refractivity contribution in [3.05, 3.63) is 0 Å². The molecular formula is C15H31N3O3. The van der Waals surface area contributed by atoms with E-state index in [1.54, 1.807) is 0 Å². The number of carbonyl (C=O) groups is 2. The number of unbranched alkanes of at least 4 members (excludes halogenated alkanes) is 3. The number of rotatable bonds is 12. The van der Waals surface area contributed by atoms with Crippen molar-refractivity contribution in [2.45, 2.75) is 58.4 Å². The van der Waals surface area contributed by atoms with E-state index in [0.29, 0.717) is 25.6 Å². The van der Waals surface area contributed by atoms with Crippen molar-refractivity contribution in [1.29, 1.82) is 0 Å². The molecule has 2 amide bonds. The fraction of sp³-hybridized carbons (Fsp3) is 0.867. The van der Waals surface area contributed by atoms with E-state index in [4.69, 9.17) is 5.11 Å². The number of carboxylic acid groups (broad SMARTS) is 1. The maximum absolute atomic E-state index is 11.5. The first-order valence-electron chi connectivity index (χ1n) is 7.91. The predicted octanol–water partition coefficient (Wildman–Crippen LogP) is 2.05. The lowest BCUT2D eigenvalue weighted by molar-refractivity contribution is -0.137. The summed E-state index contributed by atoms with van der Waals surface area (Å²) in [4.78, 5) is 24.1. The van der Waals surface area contributed by atoms with Crippen LogP contribution in [0.25, 0.3) is 0 Å². The second-order valence-corrected chi connectivity index (χ2v) is 5.48. The number of hydrogen-bond donors (Lipinski definition) is 3. The molecule has 0 aliphatic carbocycles. The van der Waals surface area contributed by atoms with E-state index in [1.165, 1.54) is 0 Å². The number of hydrogen-bond acceptors (Lipinski definition) is 3. The van der Waals surface area contributed by atoms with Crippen LogP contribution in [0.15, 0.2) is 0 Å². The summed E-state index contributed by atoms with van der Waals surface area (Å²) in [6, 6.07) is 0.402. The smallest absolute Gasteiger partial charge is 0.314 e. The Kier molecular flexibility index (Phi) is 11.7. The van der Waals surface area contributed by atoms with Gasteiger partial charge in [-0.05, 0) is 33.2 Å². The van der Waals surface area contributed by atoms with Gasteiger partial charge in [-0.1, -0.05) is 19.8 Å². The van der Waals surface area contributed by atoms with Gasteiger partial charge in [-0.25, -0.2) is 4.79 Å². The largest absolute Gasteiger partial charge is 0.481 e. The quantitative estimate of drug-likeness (QED) is 0.482. The van der Waals surface area contributed by atoms with E-state index >= 15 is 0 Å². The number of carboxylic acids is 1. The van der Waals surface area contributed by atoms with E-state index in [2.05, 4.69) is 36.4 Å². The van der Waals surface area contributed by atoms with Gasteiger partial charge in [0.1, 0.15) is 0 Å². The van der Waals surface area contributed by atoms with Crippen molar-refractivity contribution >= 4 is 12.0 Å². The van der Waals surface area contributed by atoms with Crippen LogP contribution in [0.3, 0.4) is 0 Å². The Balaban J connectivity index is 3.40. The minimum absolute atomic E-state index is 0.127. The SMILES string of the molecule is CCC(C)N(C)CCNC(=O)NCCCCCCC(=O)O. The molecule has 0 bridgehead atoms. The maximum atomic E-state index is 11.5. The Bertz CT molecular complexity index is 298. The molecule has 21 heavy (non-hydrogen) atoms. The lowest BCUT2D eigenvalue weighted by Gasteiger charge is -2.23. The zero-order valence-corrected chi connectivity index (χ0v) is 13.7. The van der Waals surface area contributed by atoms with Crippen molar-refractivity contribution < 1.29 is 14.7 Å². The number of likely N-dealkylation sites (N-methyl/N-ethyl adjacent to an activating group) is 1. The summed E-state index contributed by atoms with van der Waals surface area (Å²) in [6.45, 7) is 6.45. The van der Waals surface area contributed by atoms with Crippen molar-refractivity contribution in [1.82, 2.24) is 15.5 Å². The molecule has 0 saturated heterocycles. The summed E-state index contributed by atoms with van der Waals surface area (Å²) in [6.07, 6.45) is 4.78. The summed E-state index contributed by atoms with van der Waals surface area (Å²) >= 11 is 0. The van der Waals surface area contributed by atoms with Gasteiger partial charge >= 0.3 is 12.0 Å². The highest BCUT2D eigenvalue weighted by atomic mass is 16.4. The molecule has 6 heteroatoms. The summed E-state index contributed by atoms with van der Waals surface area (Å²) in [7, 11) is 2.06. The minimum atomic E-state index is -0.741. The van der Waals surface area contributed by atoms with E-state index < -0.39 is 5.97 Å². The Morgan fingerprint density at radius 1 is 1.10 bits per heavy atom. The zero-order chi connectivity index (χ0) is 16.1. The summed E-state index contributed by atoms with van der Waals surface area (Å²) < 4.78 is 0. The van der Waals surface area contributed by atoms with Crippen LogP contribution in [-0.2, 0) is 4.79 Å². The average molecular weight is 301 g/mol. The topological polar surface area (TPSA) is 81.7 Å². The van der Waals surface area contributed by atoms with E-state index in [9.17, 15) is 9.59 Å². The summed E-state index contributed by atoms with van der Waals surface area (Å²) in [5.41, 5.74) is 0. The van der Waals surface area contributed by atoms with Crippen LogP contribution in [-0.4, -0.2) is 54.7 Å². The summed E-state index contributed by atoms with van der Waals surface area (Å²) in [5.74, 6) is -0.741. The number of amides is 2. The number of nitrogens with one attached hydrogen (secondary N) is 2. The lowest BCUT2D eigenvalue weighted by atomic mass is 10.1. The molecule has 0 aromatic heterocycles. The lowest BCUT2D eigenvalue weighted by Crippen LogP contribution is -2.41. The van der Waals surface area contributed by atoms with Crippen LogP contribution < -0.4 is 10.6 Å². The molecular weight excluding hydrogens is 270 g/mol. The van der Waals surface area contributed by atoms with E-state index in [-0.39, 0.29) is 12.5 Å². The molecule has 0 fully saturated rings. The van der Waals surface area contributed by atoms with Crippen LogP contribution in [0.1, 0.15) is 52.4 Å². The second-order valence-electron chi connectivity index (χ2n) is 5.48. The fourth-order valence-corrected chi connectivity index (χ4v) is 1.90. The predicted molar refractivity (Wildman–Crippen MR) is 84.5 cm³/mol. The van der Waals surface area contributed by atoms with Crippen LogP contribution >= 0.6 is 0 Å². The van der Waals surface area contributed by atoms with Gasteiger partial charge in [-0.15, -0.1) is 0 Å². The Morgan fingerprint density at radius 2 is 1.71 bits per heavy atom. The van der Waals surface area contributed by atoms with E-state index in [1.807, 2.05) is 0 Å². The molecule has 0 saturated carbocycles. The fourth-order valence-electron chi connectivity index (χ4n) is 1.90. The standard InChI is InChI=1S/C15H31N3O3/c1-4-13(2)18(3)12-11-17-15(21)16-10-8-6-5-7-9-14(19)20/h13H,4-12H2,1-3H3,(H,19,20)(H2,16,17,21). The molecule has 1 atom stereocenters. The molecule has 0 aliphatic heterocycles. The van der Waals surface area contributed by atoms with Crippen LogP contribution in [0, 0.1) is 0 Å². The first-order valence-corrected chi connectivity index (χ1v) is 7.91. The van der Waals surface area contributed by atoms with Crippen LogP contribution in [0.4, 0.5) is 4.79 Å². The maximum Gasteiger partial charge on any atom is 0.314 e. The third kappa shape index (κ3) is 12.2. The number of nitrogens with zero attached hydrogens (tertiary/aromatic N) is 1. The van der Waals surface area contributed by atoms with Gasteiger partial charge in [0.25, 0.3) is 0 Å². The zero-order valence-electron chi connectivity index (χ0n) is 13.7. The average Bonchev–Trinajstić information content (AvgIpc) is 2.44. The normalized spacial score (nSPS) is 12.2. The minimum Gasteiger partial charge on any atom is -0.481 e. The highest BCUT2D eigenvalue weighted by Crippen LogP contribution is 2.02. The van der Waals surface area contributed by atoms with Gasteiger partial charge in [0, 0.05) is 32.1 Å². The molecule has 0 aliphatic rings. The van der Waals surface area contributed by atoms with E-state index in [0.717, 1.165) is 32.2 Å². The number of carbonyl (C=O) groups excluding carboxylic acids is 1. The van der Waals surface area contributed by atoms with Crippen LogP contribution in [0.5, 0.6) is 0 Å². The molecule has 0 aromatic rings. The van der Waals surface area contributed by atoms with Gasteiger partial charge < -0.3 is 20.6 Å². The third-order valence-electron chi connectivity index (χ3n) is 3.70. The van der Waals surface area contributed by atoms with Crippen molar-refractivity contribution in [3.8, 4) is 0 Å². The summed E-state index contributed by atoms with van der Waals surface area (Å²) in [5, 5.41) is 14.1. The van der Waals surface area contributed by atoms with Gasteiger partial charge in [-0.2, -0.15) is 0 Å². The highest BCUT2D eigenvalue weighted by molar-refractivity contribution is 5.73. The Morgan fingerprint density at radius 3 is 2.33 bits per heavy atom. The van der Waals surface area contributed by atoms with Gasteiger partial charge in [-0.3, -0.25) is 4.79 Å². The molecule has 0 radical (unpaired) electrons. The molecule has 0 heterocycles. The van der Waals surface area contributed by atoms with Crippen molar-refractivity contribution in [2.75, 3.05) is 26.7 Å². The first-order chi connectivity index (χ1) is 9.97. The molecule has 0 spiro atoms. The molecule has 6 nitrogen and oxygen atoms in total. The first kappa shape index (κ1) is 19.7. The van der Waals surface area contributed by atoms with Crippen LogP contribution in [0.2, 0.25) is 0 Å². The Labute approximate surface area is 128 Å². The van der Waals surface area contributed by atoms with Gasteiger partial charge in [0.15, 0.2) is 0 Å². The molecule has 3 N–H and O–H groups in total. The second kappa shape index (κ2) is 12.4. The highest BCUT2D eigenvalue weighted by Gasteiger charge is 2.06. The van der Waals surface area contributed by atoms with Crippen molar-refractivity contribution in [2.24, 2.45) is 0 Å². The number of aliphatic carboxylic acids is 1. The van der Waals surface area contributed by atoms with Crippen molar-refractivity contribution in [3.63, 3.8) is 0 Å². The molecule has 0 rings (SSSR count). The number of urea groups is 1. The molecule has 1 unspecified atom stereocenters.